The van der Waals surface area contributed by atoms with Crippen LogP contribution in [0.4, 0.5) is 17.5 Å². The number of nitrogens with zero attached hydrogens (tertiary/aromatic N) is 3. The lowest BCUT2D eigenvalue weighted by Crippen LogP contribution is -2.13. The monoisotopic (exact) mass is 383 g/mol. The molecule has 142 valence electrons. The SMILES string of the molecule is NC(=O)c1cccc2c1CC(c1cc(Nc3ccnc(N)n3)cc3cn[nH]c13)=C2. The van der Waals surface area contributed by atoms with Gasteiger partial charge in [-0.05, 0) is 47.4 Å². The third-order valence-corrected chi connectivity index (χ3v) is 5.02. The van der Waals surface area contributed by atoms with Gasteiger partial charge in [-0.2, -0.15) is 10.1 Å². The molecule has 2 aromatic heterocycles. The number of hydrogen-bond acceptors (Lipinski definition) is 6. The lowest BCUT2D eigenvalue weighted by molar-refractivity contribution is 0.0999. The fourth-order valence-electron chi connectivity index (χ4n) is 3.74. The predicted octanol–water partition coefficient (Wildman–Crippen LogP) is 2.87. The van der Waals surface area contributed by atoms with Gasteiger partial charge in [0.15, 0.2) is 0 Å². The van der Waals surface area contributed by atoms with Crippen LogP contribution in [0.25, 0.3) is 22.6 Å². The number of H-pyrrole nitrogens is 1. The molecule has 2 heterocycles. The van der Waals surface area contributed by atoms with E-state index in [1.165, 1.54) is 0 Å². The summed E-state index contributed by atoms with van der Waals surface area (Å²) in [5, 5.41) is 11.5. The van der Waals surface area contributed by atoms with Gasteiger partial charge in [0, 0.05) is 28.4 Å². The highest BCUT2D eigenvalue weighted by atomic mass is 16.1. The second-order valence-electron chi connectivity index (χ2n) is 6.87. The van der Waals surface area contributed by atoms with E-state index >= 15 is 0 Å². The van der Waals surface area contributed by atoms with Crippen LogP contribution in [-0.2, 0) is 6.42 Å². The van der Waals surface area contributed by atoms with Crippen LogP contribution in [0.3, 0.4) is 0 Å². The zero-order valence-corrected chi connectivity index (χ0v) is 15.3. The molecule has 2 aromatic carbocycles. The van der Waals surface area contributed by atoms with Crippen molar-refractivity contribution in [2.75, 3.05) is 11.1 Å². The van der Waals surface area contributed by atoms with E-state index in [1.807, 2.05) is 24.3 Å². The summed E-state index contributed by atoms with van der Waals surface area (Å²) in [4.78, 5) is 19.9. The first-order valence-electron chi connectivity index (χ1n) is 9.04. The molecule has 1 amide bonds. The maximum atomic E-state index is 11.8. The van der Waals surface area contributed by atoms with Gasteiger partial charge in [0.2, 0.25) is 11.9 Å². The first-order valence-corrected chi connectivity index (χ1v) is 9.04. The molecule has 6 N–H and O–H groups in total. The number of aromatic nitrogens is 4. The summed E-state index contributed by atoms with van der Waals surface area (Å²) in [7, 11) is 0. The molecule has 4 aromatic rings. The Hall–Kier alpha value is -4.20. The van der Waals surface area contributed by atoms with Crippen molar-refractivity contribution in [3.05, 3.63) is 71.0 Å². The molecule has 5 rings (SSSR count). The van der Waals surface area contributed by atoms with Gasteiger partial charge in [-0.25, -0.2) is 4.98 Å². The van der Waals surface area contributed by atoms with Gasteiger partial charge < -0.3 is 16.8 Å². The average molecular weight is 383 g/mol. The van der Waals surface area contributed by atoms with Crippen molar-refractivity contribution in [2.24, 2.45) is 5.73 Å². The van der Waals surface area contributed by atoms with E-state index in [9.17, 15) is 4.79 Å². The molecule has 0 radical (unpaired) electrons. The molecule has 8 heteroatoms. The zero-order chi connectivity index (χ0) is 20.0. The Labute approximate surface area is 165 Å². The number of carbonyl (C=O) groups is 1. The fraction of sp³-hybridized carbons (Fsp3) is 0.0476. The minimum atomic E-state index is -0.417. The molecule has 0 atom stereocenters. The summed E-state index contributed by atoms with van der Waals surface area (Å²) < 4.78 is 0. The van der Waals surface area contributed by atoms with Gasteiger partial charge in [-0.1, -0.05) is 18.2 Å². The normalized spacial score (nSPS) is 12.6. The molecule has 0 aliphatic heterocycles. The quantitative estimate of drug-likeness (QED) is 0.428. The maximum absolute atomic E-state index is 11.8. The molecule has 0 fully saturated rings. The predicted molar refractivity (Wildman–Crippen MR) is 112 cm³/mol. The summed E-state index contributed by atoms with van der Waals surface area (Å²) >= 11 is 0. The summed E-state index contributed by atoms with van der Waals surface area (Å²) in [6.45, 7) is 0. The third-order valence-electron chi connectivity index (χ3n) is 5.02. The van der Waals surface area contributed by atoms with E-state index in [0.29, 0.717) is 17.8 Å². The lowest BCUT2D eigenvalue weighted by atomic mass is 9.98. The van der Waals surface area contributed by atoms with Gasteiger partial charge in [0.05, 0.1) is 11.7 Å². The van der Waals surface area contributed by atoms with Gasteiger partial charge >= 0.3 is 0 Å². The molecule has 0 saturated heterocycles. The number of amides is 1. The van der Waals surface area contributed by atoms with Gasteiger partial charge in [-0.15, -0.1) is 0 Å². The van der Waals surface area contributed by atoms with Crippen molar-refractivity contribution in [3.63, 3.8) is 0 Å². The van der Waals surface area contributed by atoms with Crippen LogP contribution in [-0.4, -0.2) is 26.1 Å². The first-order chi connectivity index (χ1) is 14.1. The lowest BCUT2D eigenvalue weighted by Gasteiger charge is -2.11. The minimum Gasteiger partial charge on any atom is -0.368 e. The maximum Gasteiger partial charge on any atom is 0.249 e. The summed E-state index contributed by atoms with van der Waals surface area (Å²) in [6.07, 6.45) is 6.08. The van der Waals surface area contributed by atoms with E-state index < -0.39 is 5.91 Å². The molecule has 29 heavy (non-hydrogen) atoms. The van der Waals surface area contributed by atoms with Crippen LogP contribution in [0.5, 0.6) is 0 Å². The largest absolute Gasteiger partial charge is 0.368 e. The molecule has 1 aliphatic rings. The van der Waals surface area contributed by atoms with Crippen molar-refractivity contribution < 1.29 is 4.79 Å². The number of nitrogen functional groups attached to an aromatic ring is 1. The Balaban J connectivity index is 1.58. The Morgan fingerprint density at radius 2 is 2.10 bits per heavy atom. The van der Waals surface area contributed by atoms with Crippen LogP contribution in [0.1, 0.15) is 27.0 Å². The highest BCUT2D eigenvalue weighted by Gasteiger charge is 2.21. The smallest absolute Gasteiger partial charge is 0.249 e. The number of carbonyl (C=O) groups excluding carboxylic acids is 1. The van der Waals surface area contributed by atoms with E-state index in [0.717, 1.165) is 38.9 Å². The number of hydrogen-bond donors (Lipinski definition) is 4. The van der Waals surface area contributed by atoms with Gasteiger partial charge in [0.25, 0.3) is 0 Å². The number of anilines is 3. The summed E-state index contributed by atoms with van der Waals surface area (Å²) in [6, 6.07) is 11.4. The number of nitrogens with two attached hydrogens (primary N) is 2. The van der Waals surface area contributed by atoms with Crippen molar-refractivity contribution in [3.8, 4) is 0 Å². The van der Waals surface area contributed by atoms with Crippen molar-refractivity contribution in [1.29, 1.82) is 0 Å². The molecule has 0 spiro atoms. The number of nitrogens with one attached hydrogen (secondary N) is 2. The molecule has 0 unspecified atom stereocenters. The topological polar surface area (TPSA) is 136 Å². The van der Waals surface area contributed by atoms with E-state index in [4.69, 9.17) is 11.5 Å². The Morgan fingerprint density at radius 3 is 2.93 bits per heavy atom. The Bertz CT molecular complexity index is 1310. The molecular formula is C21H17N7O. The van der Waals surface area contributed by atoms with Crippen LogP contribution < -0.4 is 16.8 Å². The number of rotatable bonds is 4. The number of aromatic amines is 1. The van der Waals surface area contributed by atoms with Crippen LogP contribution in [0, 0.1) is 0 Å². The number of benzene rings is 2. The molecule has 8 nitrogen and oxygen atoms in total. The van der Waals surface area contributed by atoms with Crippen molar-refractivity contribution >= 4 is 45.9 Å². The molecule has 0 bridgehead atoms. The number of allylic oxidation sites excluding steroid dienone is 1. The minimum absolute atomic E-state index is 0.201. The van der Waals surface area contributed by atoms with E-state index in [1.54, 1.807) is 24.5 Å². The second kappa shape index (κ2) is 6.45. The van der Waals surface area contributed by atoms with Crippen LogP contribution in [0.2, 0.25) is 0 Å². The zero-order valence-electron chi connectivity index (χ0n) is 15.3. The third kappa shape index (κ3) is 2.96. The highest BCUT2D eigenvalue weighted by Crippen LogP contribution is 2.37. The molecular weight excluding hydrogens is 366 g/mol. The standard InChI is InChI=1S/C21H17N7O/c22-20(29)15-3-1-2-11-6-12(8-16(11)15)17-9-14(7-13-10-25-28-19(13)17)26-18-4-5-24-21(23)27-18/h1-7,9-10H,8H2,(H2,22,29)(H,25,28)(H3,23,24,26,27). The Morgan fingerprint density at radius 1 is 1.21 bits per heavy atom. The van der Waals surface area contributed by atoms with Crippen molar-refractivity contribution in [2.45, 2.75) is 6.42 Å². The number of fused-ring (bicyclic) bond motifs is 2. The van der Waals surface area contributed by atoms with E-state index in [2.05, 4.69) is 31.6 Å². The summed E-state index contributed by atoms with van der Waals surface area (Å²) in [5.74, 6) is 0.387. The fourth-order valence-corrected chi connectivity index (χ4v) is 3.74. The second-order valence-corrected chi connectivity index (χ2v) is 6.87. The van der Waals surface area contributed by atoms with Crippen LogP contribution in [0.15, 0.2) is 48.8 Å². The van der Waals surface area contributed by atoms with Crippen LogP contribution >= 0.6 is 0 Å². The van der Waals surface area contributed by atoms with Crippen molar-refractivity contribution in [1.82, 2.24) is 20.2 Å². The van der Waals surface area contributed by atoms with E-state index in [-0.39, 0.29) is 5.95 Å². The molecule has 0 saturated carbocycles. The first kappa shape index (κ1) is 16.9. The van der Waals surface area contributed by atoms with Gasteiger partial charge in [0.1, 0.15) is 5.82 Å². The Kier molecular flexibility index (Phi) is 3.77. The average Bonchev–Trinajstić information content (AvgIpc) is 3.33. The highest BCUT2D eigenvalue weighted by molar-refractivity contribution is 6.03. The van der Waals surface area contributed by atoms with Gasteiger partial charge in [-0.3, -0.25) is 9.89 Å². The number of primary amides is 1. The summed E-state index contributed by atoms with van der Waals surface area (Å²) in [5.41, 5.74) is 17.6. The molecule has 1 aliphatic carbocycles.